The summed E-state index contributed by atoms with van der Waals surface area (Å²) in [7, 11) is 0. The second-order valence-electron chi connectivity index (χ2n) is 10.6. The lowest BCUT2D eigenvalue weighted by Crippen LogP contribution is -2.52. The predicted molar refractivity (Wildman–Crippen MR) is 163 cm³/mol. The van der Waals surface area contributed by atoms with E-state index < -0.39 is 35.5 Å². The van der Waals surface area contributed by atoms with Gasteiger partial charge < -0.3 is 10.6 Å². The maximum atomic E-state index is 14.7. The number of aromatic nitrogens is 2. The molecule has 2 heterocycles. The zero-order valence-electron chi connectivity index (χ0n) is 23.7. The van der Waals surface area contributed by atoms with Gasteiger partial charge in [0.15, 0.2) is 5.78 Å². The Kier molecular flexibility index (Phi) is 9.19. The van der Waals surface area contributed by atoms with Gasteiger partial charge in [-0.1, -0.05) is 60.1 Å². The van der Waals surface area contributed by atoms with Gasteiger partial charge in [-0.2, -0.15) is 0 Å². The Labute approximate surface area is 252 Å². The van der Waals surface area contributed by atoms with Crippen LogP contribution in [0.4, 0.5) is 14.5 Å². The van der Waals surface area contributed by atoms with E-state index in [0.717, 1.165) is 22.3 Å². The number of carbonyl (C=O) groups is 1. The Morgan fingerprint density at radius 2 is 1.56 bits per heavy atom. The largest absolute Gasteiger partial charge is 0.363 e. The van der Waals surface area contributed by atoms with Crippen molar-refractivity contribution in [2.24, 2.45) is 5.73 Å². The quantitative estimate of drug-likeness (QED) is 0.289. The van der Waals surface area contributed by atoms with Crippen molar-refractivity contribution in [2.75, 3.05) is 37.6 Å². The Balaban J connectivity index is 1.46. The third kappa shape index (κ3) is 6.61. The fraction of sp³-hybridized carbons (Fsp3) is 0.281. The minimum absolute atomic E-state index is 0.0650. The number of nitrogens with zero attached hydrogens (tertiary/aromatic N) is 4. The molecule has 1 fully saturated rings. The fourth-order valence-corrected chi connectivity index (χ4v) is 5.62. The lowest BCUT2D eigenvalue weighted by atomic mass is 10.1. The molecule has 8 nitrogen and oxygen atoms in total. The van der Waals surface area contributed by atoms with Crippen molar-refractivity contribution < 1.29 is 13.6 Å². The van der Waals surface area contributed by atoms with Crippen LogP contribution in [0.2, 0.25) is 5.02 Å². The van der Waals surface area contributed by atoms with Crippen LogP contribution in [0, 0.1) is 18.6 Å². The number of carbonyl (C=O) groups excluding carboxylic acids is 1. The number of halogens is 3. The number of nitrogens with two attached hydrogens (primary N) is 1. The molecule has 0 amide bonds. The first-order chi connectivity index (χ1) is 20.6. The van der Waals surface area contributed by atoms with Gasteiger partial charge in [-0.3, -0.25) is 23.6 Å². The highest BCUT2D eigenvalue weighted by Crippen LogP contribution is 2.21. The number of piperazine rings is 1. The van der Waals surface area contributed by atoms with Crippen molar-refractivity contribution in [1.29, 1.82) is 0 Å². The molecule has 5 rings (SSSR count). The molecule has 2 N–H and O–H groups in total. The van der Waals surface area contributed by atoms with E-state index >= 15 is 0 Å². The molecule has 0 aliphatic carbocycles. The minimum atomic E-state index is -0.787. The van der Waals surface area contributed by atoms with Crippen molar-refractivity contribution >= 4 is 23.1 Å². The van der Waals surface area contributed by atoms with Crippen LogP contribution in [0.3, 0.4) is 0 Å². The molecule has 1 saturated heterocycles. The molecular weight excluding hydrogens is 576 g/mol. The maximum Gasteiger partial charge on any atom is 0.331 e. The number of hydrogen-bond acceptors (Lipinski definition) is 6. The van der Waals surface area contributed by atoms with Crippen molar-refractivity contribution in [2.45, 2.75) is 26.1 Å². The van der Waals surface area contributed by atoms with Gasteiger partial charge in [-0.05, 0) is 36.8 Å². The average Bonchev–Trinajstić information content (AvgIpc) is 3.00. The monoisotopic (exact) mass is 607 g/mol. The second-order valence-corrected chi connectivity index (χ2v) is 11.1. The smallest absolute Gasteiger partial charge is 0.331 e. The molecule has 0 saturated carbocycles. The Hall–Kier alpha value is -4.12. The van der Waals surface area contributed by atoms with Gasteiger partial charge in [-0.15, -0.1) is 0 Å². The first-order valence-electron chi connectivity index (χ1n) is 14.0. The SMILES string of the molecule is Cc1c(N2CCN(CC(=O)c3cccc(Cl)c3)CC2)c(=O)n(C[C@@H](N)c2ccccc2)c(=O)n1Cc1c(F)cccc1F. The fourth-order valence-electron chi connectivity index (χ4n) is 5.43. The summed E-state index contributed by atoms with van der Waals surface area (Å²) in [4.78, 5) is 44.3. The van der Waals surface area contributed by atoms with Gasteiger partial charge in [0.1, 0.15) is 17.3 Å². The summed E-state index contributed by atoms with van der Waals surface area (Å²) in [6.07, 6.45) is 0. The van der Waals surface area contributed by atoms with Crippen LogP contribution in [-0.4, -0.2) is 52.5 Å². The molecule has 43 heavy (non-hydrogen) atoms. The number of rotatable bonds is 9. The molecule has 0 spiro atoms. The van der Waals surface area contributed by atoms with E-state index in [-0.39, 0.29) is 30.1 Å². The maximum absolute atomic E-state index is 14.7. The van der Waals surface area contributed by atoms with Gasteiger partial charge in [0, 0.05) is 54.1 Å². The van der Waals surface area contributed by atoms with Crippen LogP contribution >= 0.6 is 11.6 Å². The number of ketones is 1. The first kappa shape index (κ1) is 30.3. The first-order valence-corrected chi connectivity index (χ1v) is 14.4. The summed E-state index contributed by atoms with van der Waals surface area (Å²) in [5, 5.41) is 0.486. The number of Topliss-reactive ketones (excluding diaryl/α,β-unsaturated/α-hetero) is 1. The molecule has 1 aliphatic heterocycles. The lowest BCUT2D eigenvalue weighted by molar-refractivity contribution is 0.0926. The average molecular weight is 608 g/mol. The van der Waals surface area contributed by atoms with Gasteiger partial charge >= 0.3 is 5.69 Å². The molecular formula is C32H32ClF2N5O3. The number of benzene rings is 3. The van der Waals surface area contributed by atoms with E-state index in [2.05, 4.69) is 0 Å². The van der Waals surface area contributed by atoms with Crippen LogP contribution in [0.25, 0.3) is 0 Å². The highest BCUT2D eigenvalue weighted by atomic mass is 35.5. The third-order valence-corrected chi connectivity index (χ3v) is 8.08. The molecule has 0 radical (unpaired) electrons. The highest BCUT2D eigenvalue weighted by molar-refractivity contribution is 6.31. The second kappa shape index (κ2) is 13.0. The highest BCUT2D eigenvalue weighted by Gasteiger charge is 2.27. The number of anilines is 1. The predicted octanol–water partition coefficient (Wildman–Crippen LogP) is 4.00. The zero-order valence-corrected chi connectivity index (χ0v) is 24.4. The van der Waals surface area contributed by atoms with Crippen molar-refractivity contribution in [3.8, 4) is 0 Å². The van der Waals surface area contributed by atoms with Gasteiger partial charge in [0.05, 0.1) is 19.6 Å². The van der Waals surface area contributed by atoms with E-state index in [1.807, 2.05) is 40.1 Å². The molecule has 1 aromatic heterocycles. The summed E-state index contributed by atoms with van der Waals surface area (Å²) in [5.74, 6) is -1.64. The molecule has 1 aliphatic rings. The Morgan fingerprint density at radius 1 is 0.907 bits per heavy atom. The number of hydrogen-bond donors (Lipinski definition) is 1. The standard InChI is InChI=1S/C32H32ClF2N5O3/c1-21-30(38-15-13-37(14-16-38)20-29(41)23-9-5-10-24(33)17-23)31(42)40(19-28(36)22-7-3-2-4-8-22)32(43)39(21)18-25-26(34)11-6-12-27(25)35/h2-12,17,28H,13-16,18-20,36H2,1H3/t28-/m1/s1. The molecule has 11 heteroatoms. The van der Waals surface area contributed by atoms with Crippen LogP contribution in [-0.2, 0) is 13.1 Å². The summed E-state index contributed by atoms with van der Waals surface area (Å²) in [5.41, 5.74) is 6.73. The molecule has 3 aromatic carbocycles. The Morgan fingerprint density at radius 3 is 2.21 bits per heavy atom. The summed E-state index contributed by atoms with van der Waals surface area (Å²) in [6.45, 7) is 3.04. The van der Waals surface area contributed by atoms with Gasteiger partial charge in [0.25, 0.3) is 5.56 Å². The summed E-state index contributed by atoms with van der Waals surface area (Å²) >= 11 is 6.04. The topological polar surface area (TPSA) is 93.6 Å². The van der Waals surface area contributed by atoms with E-state index in [1.54, 1.807) is 31.2 Å². The summed E-state index contributed by atoms with van der Waals surface area (Å²) in [6, 6.07) is 18.7. The van der Waals surface area contributed by atoms with Crippen molar-refractivity contribution in [1.82, 2.24) is 14.0 Å². The van der Waals surface area contributed by atoms with Crippen LogP contribution in [0.15, 0.2) is 82.4 Å². The summed E-state index contributed by atoms with van der Waals surface area (Å²) < 4.78 is 31.6. The Bertz CT molecular complexity index is 1730. The van der Waals surface area contributed by atoms with Crippen LogP contribution < -0.4 is 21.9 Å². The lowest BCUT2D eigenvalue weighted by Gasteiger charge is -2.36. The van der Waals surface area contributed by atoms with Gasteiger partial charge in [0.2, 0.25) is 0 Å². The molecule has 224 valence electrons. The minimum Gasteiger partial charge on any atom is -0.363 e. The van der Waals surface area contributed by atoms with Crippen molar-refractivity contribution in [3.05, 3.63) is 133 Å². The molecule has 0 bridgehead atoms. The molecule has 4 aromatic rings. The van der Waals surface area contributed by atoms with E-state index in [9.17, 15) is 23.2 Å². The third-order valence-electron chi connectivity index (χ3n) is 7.84. The van der Waals surface area contributed by atoms with Crippen molar-refractivity contribution in [3.63, 3.8) is 0 Å². The van der Waals surface area contributed by atoms with Crippen LogP contribution in [0.5, 0.6) is 0 Å². The van der Waals surface area contributed by atoms with E-state index in [0.29, 0.717) is 42.5 Å². The molecule has 1 atom stereocenters. The van der Waals surface area contributed by atoms with E-state index in [1.165, 1.54) is 10.6 Å². The van der Waals surface area contributed by atoms with Gasteiger partial charge in [-0.25, -0.2) is 13.6 Å². The van der Waals surface area contributed by atoms with Crippen LogP contribution in [0.1, 0.15) is 33.2 Å². The normalized spacial score (nSPS) is 14.6. The molecule has 0 unspecified atom stereocenters. The van der Waals surface area contributed by atoms with E-state index in [4.69, 9.17) is 17.3 Å². The zero-order chi connectivity index (χ0) is 30.7.